The normalized spacial score (nSPS) is 22.8. The van der Waals surface area contributed by atoms with Crippen molar-refractivity contribution >= 4 is 12.0 Å². The van der Waals surface area contributed by atoms with E-state index in [0.29, 0.717) is 0 Å². The second kappa shape index (κ2) is 9.02. The first kappa shape index (κ1) is 20.1. The molecule has 1 saturated heterocycles. The fraction of sp³-hybridized carbons (Fsp3) is 0.391. The molecular weight excluding hydrogens is 352 g/mol. The molecule has 0 saturated carbocycles. The van der Waals surface area contributed by atoms with Gasteiger partial charge in [0.1, 0.15) is 0 Å². The van der Waals surface area contributed by atoms with Crippen LogP contribution in [0.25, 0.3) is 0 Å². The van der Waals surface area contributed by atoms with Crippen molar-refractivity contribution < 1.29 is 14.3 Å². The number of amides is 2. The Kier molecular flexibility index (Phi) is 6.47. The maximum atomic E-state index is 13.2. The Labute approximate surface area is 166 Å². The van der Waals surface area contributed by atoms with Crippen LogP contribution in [-0.2, 0) is 9.53 Å². The fourth-order valence-corrected chi connectivity index (χ4v) is 3.92. The minimum absolute atomic E-state index is 0.0561. The van der Waals surface area contributed by atoms with Gasteiger partial charge in [0.25, 0.3) is 0 Å². The summed E-state index contributed by atoms with van der Waals surface area (Å²) in [6.45, 7) is 6.05. The highest BCUT2D eigenvalue weighted by molar-refractivity contribution is 5.93. The standard InChI is InChI=1S/C23H28N2O3/c1-4-28-23(27)25-20(26)15-19(17-11-7-5-8-12-17)24-21(22(25)16(2)3)18-13-9-6-10-14-18/h5-14,16,19,21-22,24H,4,15H2,1-3H3/t19-,21-,22-/m0/s1. The summed E-state index contributed by atoms with van der Waals surface area (Å²) in [7, 11) is 0. The first-order valence-corrected chi connectivity index (χ1v) is 9.87. The summed E-state index contributed by atoms with van der Waals surface area (Å²) in [5.74, 6) is -0.155. The average molecular weight is 380 g/mol. The molecule has 2 aromatic carbocycles. The van der Waals surface area contributed by atoms with Crippen LogP contribution in [0.1, 0.15) is 50.4 Å². The molecule has 0 aromatic heterocycles. The third-order valence-corrected chi connectivity index (χ3v) is 5.18. The molecule has 5 nitrogen and oxygen atoms in total. The number of nitrogens with zero attached hydrogens (tertiary/aromatic N) is 1. The molecule has 1 N–H and O–H groups in total. The molecule has 2 aromatic rings. The number of hydrogen-bond acceptors (Lipinski definition) is 4. The van der Waals surface area contributed by atoms with Gasteiger partial charge in [-0.2, -0.15) is 0 Å². The predicted octanol–water partition coefficient (Wildman–Crippen LogP) is 4.47. The summed E-state index contributed by atoms with van der Waals surface area (Å²) in [6, 6.07) is 19.2. The zero-order valence-corrected chi connectivity index (χ0v) is 16.7. The van der Waals surface area contributed by atoms with Gasteiger partial charge in [0, 0.05) is 12.5 Å². The molecule has 2 amide bonds. The van der Waals surface area contributed by atoms with Crippen LogP contribution in [0.15, 0.2) is 60.7 Å². The van der Waals surface area contributed by atoms with Gasteiger partial charge in [-0.1, -0.05) is 74.5 Å². The van der Waals surface area contributed by atoms with Crippen LogP contribution in [0.3, 0.4) is 0 Å². The van der Waals surface area contributed by atoms with Crippen molar-refractivity contribution in [2.75, 3.05) is 6.61 Å². The van der Waals surface area contributed by atoms with Gasteiger partial charge in [0.2, 0.25) is 5.91 Å². The van der Waals surface area contributed by atoms with E-state index in [1.165, 1.54) is 4.90 Å². The summed E-state index contributed by atoms with van der Waals surface area (Å²) in [4.78, 5) is 27.3. The van der Waals surface area contributed by atoms with E-state index >= 15 is 0 Å². The second-order valence-electron chi connectivity index (χ2n) is 7.42. The monoisotopic (exact) mass is 380 g/mol. The smallest absolute Gasteiger partial charge is 0.416 e. The van der Waals surface area contributed by atoms with Gasteiger partial charge < -0.3 is 10.1 Å². The van der Waals surface area contributed by atoms with Crippen LogP contribution in [-0.4, -0.2) is 29.5 Å². The molecule has 0 spiro atoms. The first-order chi connectivity index (χ1) is 13.5. The molecular formula is C23H28N2O3. The number of carbonyl (C=O) groups is 2. The lowest BCUT2D eigenvalue weighted by Crippen LogP contribution is -2.50. The van der Waals surface area contributed by atoms with E-state index in [2.05, 4.69) is 5.32 Å². The van der Waals surface area contributed by atoms with Gasteiger partial charge in [0.05, 0.1) is 18.7 Å². The quantitative estimate of drug-likeness (QED) is 0.850. The summed E-state index contributed by atoms with van der Waals surface area (Å²) >= 11 is 0. The number of nitrogens with one attached hydrogen (secondary N) is 1. The maximum Gasteiger partial charge on any atom is 0.416 e. The van der Waals surface area contributed by atoms with Gasteiger partial charge >= 0.3 is 6.09 Å². The van der Waals surface area contributed by atoms with E-state index in [1.54, 1.807) is 6.92 Å². The maximum absolute atomic E-state index is 13.2. The van der Waals surface area contributed by atoms with Crippen LogP contribution in [0.4, 0.5) is 4.79 Å². The molecule has 1 fully saturated rings. The van der Waals surface area contributed by atoms with Gasteiger partial charge in [-0.15, -0.1) is 0 Å². The average Bonchev–Trinajstić information content (AvgIpc) is 2.86. The first-order valence-electron chi connectivity index (χ1n) is 9.87. The van der Waals surface area contributed by atoms with Gasteiger partial charge in [-0.25, -0.2) is 9.69 Å². The van der Waals surface area contributed by atoms with E-state index < -0.39 is 6.09 Å². The highest BCUT2D eigenvalue weighted by Crippen LogP contribution is 2.35. The SMILES string of the molecule is CCOC(=O)N1C(=O)C[C@@H](c2ccccc2)N[C@@H](c2ccccc2)[C@@H]1C(C)C. The molecule has 0 bridgehead atoms. The summed E-state index contributed by atoms with van der Waals surface area (Å²) in [6.07, 6.45) is -0.363. The Balaban J connectivity index is 2.08. The van der Waals surface area contributed by atoms with E-state index in [-0.39, 0.29) is 43.0 Å². The van der Waals surface area contributed by atoms with E-state index in [0.717, 1.165) is 11.1 Å². The van der Waals surface area contributed by atoms with E-state index in [9.17, 15) is 9.59 Å². The van der Waals surface area contributed by atoms with Crippen molar-refractivity contribution in [3.05, 3.63) is 71.8 Å². The highest BCUT2D eigenvalue weighted by Gasteiger charge is 2.43. The molecule has 1 aliphatic rings. The molecule has 0 aliphatic carbocycles. The van der Waals surface area contributed by atoms with Crippen molar-refractivity contribution in [2.24, 2.45) is 5.92 Å². The number of carbonyl (C=O) groups excluding carboxylic acids is 2. The fourth-order valence-electron chi connectivity index (χ4n) is 3.92. The molecule has 0 unspecified atom stereocenters. The Morgan fingerprint density at radius 2 is 1.64 bits per heavy atom. The zero-order valence-electron chi connectivity index (χ0n) is 16.7. The van der Waals surface area contributed by atoms with Crippen molar-refractivity contribution in [1.29, 1.82) is 0 Å². The summed E-state index contributed by atoms with van der Waals surface area (Å²) in [5, 5.41) is 3.67. The Morgan fingerprint density at radius 1 is 1.07 bits per heavy atom. The van der Waals surface area contributed by atoms with Crippen LogP contribution < -0.4 is 5.32 Å². The Bertz CT molecular complexity index is 792. The molecule has 3 rings (SSSR count). The van der Waals surface area contributed by atoms with Crippen molar-refractivity contribution in [3.8, 4) is 0 Å². The summed E-state index contributed by atoms with van der Waals surface area (Å²) in [5.41, 5.74) is 2.08. The number of imide groups is 1. The predicted molar refractivity (Wildman–Crippen MR) is 109 cm³/mol. The molecule has 3 atom stereocenters. The minimum atomic E-state index is -0.567. The van der Waals surface area contributed by atoms with Gasteiger partial charge in [-0.3, -0.25) is 4.79 Å². The highest BCUT2D eigenvalue weighted by atomic mass is 16.6. The lowest BCUT2D eigenvalue weighted by atomic mass is 9.89. The molecule has 148 valence electrons. The number of hydrogen-bond donors (Lipinski definition) is 1. The molecule has 0 radical (unpaired) electrons. The minimum Gasteiger partial charge on any atom is -0.449 e. The molecule has 1 heterocycles. The van der Waals surface area contributed by atoms with E-state index in [4.69, 9.17) is 4.74 Å². The van der Waals surface area contributed by atoms with Crippen LogP contribution in [0.2, 0.25) is 0 Å². The van der Waals surface area contributed by atoms with Crippen molar-refractivity contribution in [2.45, 2.75) is 45.3 Å². The third-order valence-electron chi connectivity index (χ3n) is 5.18. The van der Waals surface area contributed by atoms with E-state index in [1.807, 2.05) is 74.5 Å². The topological polar surface area (TPSA) is 58.6 Å². The van der Waals surface area contributed by atoms with Gasteiger partial charge in [0.15, 0.2) is 0 Å². The third kappa shape index (κ3) is 4.25. The van der Waals surface area contributed by atoms with Gasteiger partial charge in [-0.05, 0) is 24.0 Å². The molecule has 5 heteroatoms. The lowest BCUT2D eigenvalue weighted by Gasteiger charge is -2.36. The lowest BCUT2D eigenvalue weighted by molar-refractivity contribution is -0.132. The Hall–Kier alpha value is -2.66. The van der Waals surface area contributed by atoms with Crippen LogP contribution >= 0.6 is 0 Å². The van der Waals surface area contributed by atoms with Crippen molar-refractivity contribution in [1.82, 2.24) is 10.2 Å². The summed E-state index contributed by atoms with van der Waals surface area (Å²) < 4.78 is 5.25. The molecule has 28 heavy (non-hydrogen) atoms. The molecule has 1 aliphatic heterocycles. The van der Waals surface area contributed by atoms with Crippen LogP contribution in [0, 0.1) is 5.92 Å². The number of benzene rings is 2. The zero-order chi connectivity index (χ0) is 20.1. The second-order valence-corrected chi connectivity index (χ2v) is 7.42. The van der Waals surface area contributed by atoms with Crippen molar-refractivity contribution in [3.63, 3.8) is 0 Å². The largest absolute Gasteiger partial charge is 0.449 e. The van der Waals surface area contributed by atoms with Crippen LogP contribution in [0.5, 0.6) is 0 Å². The number of ether oxygens (including phenoxy) is 1. The Morgan fingerprint density at radius 3 is 2.18 bits per heavy atom. The number of rotatable bonds is 4.